The van der Waals surface area contributed by atoms with E-state index in [0.717, 1.165) is 6.07 Å². The maximum absolute atomic E-state index is 13.0. The molecular weight excluding hydrogens is 266 g/mol. The van der Waals surface area contributed by atoms with Crippen molar-refractivity contribution in [1.82, 2.24) is 0 Å². The largest absolute Gasteiger partial charge is 0.477 e. The lowest BCUT2D eigenvalue weighted by Crippen LogP contribution is -2.05. The number of carbonyl (C=O) groups is 1. The summed E-state index contributed by atoms with van der Waals surface area (Å²) in [4.78, 5) is 10.2. The topological polar surface area (TPSA) is 37.3 Å². The number of thiol groups is 1. The fraction of sp³-hybridized carbons (Fsp3) is 0. The number of hydrogen-bond donors (Lipinski definition) is 2. The summed E-state index contributed by atoms with van der Waals surface area (Å²) in [6, 6.07) is 0.856. The molecule has 13 heavy (non-hydrogen) atoms. The molecule has 1 aromatic rings. The predicted molar refractivity (Wildman–Crippen MR) is 48.3 cm³/mol. The van der Waals surface area contributed by atoms with Crippen LogP contribution in [-0.2, 0) is 0 Å². The Bertz CT molecular complexity index is 381. The first-order valence-corrected chi connectivity index (χ1v) is 4.29. The van der Waals surface area contributed by atoms with Crippen molar-refractivity contribution in [2.24, 2.45) is 0 Å². The molecule has 0 aliphatic rings. The van der Waals surface area contributed by atoms with Crippen molar-refractivity contribution in [3.8, 4) is 0 Å². The van der Waals surface area contributed by atoms with Crippen LogP contribution in [0.5, 0.6) is 0 Å². The van der Waals surface area contributed by atoms with Gasteiger partial charge in [0.05, 0.1) is 4.90 Å². The van der Waals surface area contributed by atoms with Gasteiger partial charge in [0.15, 0.2) is 5.82 Å². The van der Waals surface area contributed by atoms with Crippen molar-refractivity contribution in [3.05, 3.63) is 27.7 Å². The highest BCUT2D eigenvalue weighted by atomic mass is 79.9. The fourth-order valence-electron chi connectivity index (χ4n) is 0.776. The molecule has 2 nitrogen and oxygen atoms in total. The SMILES string of the molecule is O=C(O)c1c(F)cc(Br)c(S)c1F. The minimum absolute atomic E-state index is 0.0795. The molecule has 6 heteroatoms. The molecule has 70 valence electrons. The van der Waals surface area contributed by atoms with Gasteiger partial charge in [0.2, 0.25) is 0 Å². The molecule has 0 spiro atoms. The van der Waals surface area contributed by atoms with Crippen LogP contribution in [0.25, 0.3) is 0 Å². The smallest absolute Gasteiger partial charge is 0.341 e. The quantitative estimate of drug-likeness (QED) is 0.769. The minimum Gasteiger partial charge on any atom is -0.477 e. The lowest BCUT2D eigenvalue weighted by atomic mass is 10.2. The molecule has 0 atom stereocenters. The monoisotopic (exact) mass is 268 g/mol. The molecule has 0 bridgehead atoms. The number of halogens is 3. The molecule has 0 saturated carbocycles. The molecule has 1 N–H and O–H groups in total. The molecule has 0 fully saturated rings. The van der Waals surface area contributed by atoms with Gasteiger partial charge in [0.25, 0.3) is 0 Å². The molecule has 0 saturated heterocycles. The summed E-state index contributed by atoms with van der Waals surface area (Å²) in [5, 5.41) is 8.43. The lowest BCUT2D eigenvalue weighted by molar-refractivity contribution is 0.0685. The molecule has 1 rings (SSSR count). The Balaban J connectivity index is 3.53. The third-order valence-electron chi connectivity index (χ3n) is 1.36. The summed E-state index contributed by atoms with van der Waals surface area (Å²) in [7, 11) is 0. The van der Waals surface area contributed by atoms with Crippen molar-refractivity contribution < 1.29 is 18.7 Å². The second kappa shape index (κ2) is 3.63. The standard InChI is InChI=1S/C7H3BrF2O2S/c8-2-1-3(9)4(7(11)12)5(10)6(2)13/h1,13H,(H,11,12). The first kappa shape index (κ1) is 10.5. The molecule has 0 amide bonds. The van der Waals surface area contributed by atoms with Crippen LogP contribution in [0.15, 0.2) is 15.4 Å². The zero-order chi connectivity index (χ0) is 10.2. The molecule has 0 unspecified atom stereocenters. The van der Waals surface area contributed by atoms with Gasteiger partial charge in [-0.2, -0.15) is 0 Å². The average Bonchev–Trinajstić information content (AvgIpc) is 1.99. The average molecular weight is 269 g/mol. The third kappa shape index (κ3) is 1.83. The summed E-state index contributed by atoms with van der Waals surface area (Å²) in [6.45, 7) is 0. The Labute approximate surface area is 86.1 Å². The van der Waals surface area contributed by atoms with Gasteiger partial charge in [-0.3, -0.25) is 0 Å². The van der Waals surface area contributed by atoms with Crippen LogP contribution in [0.1, 0.15) is 10.4 Å². The second-order valence-electron chi connectivity index (χ2n) is 2.18. The van der Waals surface area contributed by atoms with Crippen molar-refractivity contribution >= 4 is 34.5 Å². The first-order valence-electron chi connectivity index (χ1n) is 3.05. The van der Waals surface area contributed by atoms with Crippen LogP contribution >= 0.6 is 28.6 Å². The summed E-state index contributed by atoms with van der Waals surface area (Å²) in [5.41, 5.74) is -0.992. The van der Waals surface area contributed by atoms with E-state index in [9.17, 15) is 13.6 Å². The highest BCUT2D eigenvalue weighted by molar-refractivity contribution is 9.10. The normalized spacial score (nSPS) is 10.2. The van der Waals surface area contributed by atoms with Gasteiger partial charge in [-0.15, -0.1) is 12.6 Å². The van der Waals surface area contributed by atoms with Gasteiger partial charge in [-0.05, 0) is 22.0 Å². The Morgan fingerprint density at radius 3 is 2.54 bits per heavy atom. The molecule has 0 aliphatic heterocycles. The van der Waals surface area contributed by atoms with Crippen LogP contribution < -0.4 is 0 Å². The van der Waals surface area contributed by atoms with E-state index in [-0.39, 0.29) is 9.37 Å². The van der Waals surface area contributed by atoms with Crippen LogP contribution in [0, 0.1) is 11.6 Å². The number of rotatable bonds is 1. The van der Waals surface area contributed by atoms with E-state index in [1.54, 1.807) is 0 Å². The van der Waals surface area contributed by atoms with E-state index >= 15 is 0 Å². The first-order chi connectivity index (χ1) is 5.95. The zero-order valence-electron chi connectivity index (χ0n) is 6.01. The summed E-state index contributed by atoms with van der Waals surface area (Å²) in [5.74, 6) is -3.96. The van der Waals surface area contributed by atoms with Crippen LogP contribution in [-0.4, -0.2) is 11.1 Å². The molecule has 0 radical (unpaired) electrons. The van der Waals surface area contributed by atoms with Crippen molar-refractivity contribution in [1.29, 1.82) is 0 Å². The number of benzene rings is 1. The van der Waals surface area contributed by atoms with Crippen molar-refractivity contribution in [3.63, 3.8) is 0 Å². The van der Waals surface area contributed by atoms with Gasteiger partial charge < -0.3 is 5.11 Å². The molecule has 1 aromatic carbocycles. The van der Waals surface area contributed by atoms with E-state index in [2.05, 4.69) is 28.6 Å². The molecule has 0 heterocycles. The van der Waals surface area contributed by atoms with Crippen LogP contribution in [0.2, 0.25) is 0 Å². The molecule has 0 aliphatic carbocycles. The number of carboxylic acids is 1. The van der Waals surface area contributed by atoms with Crippen molar-refractivity contribution in [2.45, 2.75) is 4.90 Å². The lowest BCUT2D eigenvalue weighted by Gasteiger charge is -2.03. The number of aromatic carboxylic acids is 1. The van der Waals surface area contributed by atoms with E-state index < -0.39 is 23.2 Å². The summed E-state index contributed by atoms with van der Waals surface area (Å²) < 4.78 is 26.0. The zero-order valence-corrected chi connectivity index (χ0v) is 8.49. The van der Waals surface area contributed by atoms with Crippen molar-refractivity contribution in [2.75, 3.05) is 0 Å². The maximum Gasteiger partial charge on any atom is 0.341 e. The highest BCUT2D eigenvalue weighted by Gasteiger charge is 2.20. The number of carboxylic acid groups (broad SMARTS) is 1. The predicted octanol–water partition coefficient (Wildman–Crippen LogP) is 2.71. The van der Waals surface area contributed by atoms with E-state index in [1.165, 1.54) is 0 Å². The fourth-order valence-corrected chi connectivity index (χ4v) is 1.33. The summed E-state index contributed by atoms with van der Waals surface area (Å²) in [6.07, 6.45) is 0. The Kier molecular flexibility index (Phi) is 2.92. The molecule has 0 aromatic heterocycles. The van der Waals surface area contributed by atoms with Crippen LogP contribution in [0.4, 0.5) is 8.78 Å². The van der Waals surface area contributed by atoms with E-state index in [0.29, 0.717) is 0 Å². The van der Waals surface area contributed by atoms with Gasteiger partial charge in [-0.1, -0.05) is 0 Å². The highest BCUT2D eigenvalue weighted by Crippen LogP contribution is 2.28. The minimum atomic E-state index is -1.65. The Hall–Kier alpha value is -0.620. The van der Waals surface area contributed by atoms with Gasteiger partial charge in [-0.25, -0.2) is 13.6 Å². The molecular formula is C7H3BrF2O2S. The summed E-state index contributed by atoms with van der Waals surface area (Å²) >= 11 is 6.50. The Morgan fingerprint density at radius 2 is 2.08 bits per heavy atom. The van der Waals surface area contributed by atoms with Gasteiger partial charge in [0.1, 0.15) is 11.4 Å². The van der Waals surface area contributed by atoms with E-state index in [4.69, 9.17) is 5.11 Å². The Morgan fingerprint density at radius 1 is 1.54 bits per heavy atom. The van der Waals surface area contributed by atoms with Gasteiger partial charge >= 0.3 is 5.97 Å². The number of hydrogen-bond acceptors (Lipinski definition) is 2. The second-order valence-corrected chi connectivity index (χ2v) is 3.48. The van der Waals surface area contributed by atoms with Gasteiger partial charge in [0, 0.05) is 4.47 Å². The van der Waals surface area contributed by atoms with Crippen LogP contribution in [0.3, 0.4) is 0 Å². The van der Waals surface area contributed by atoms with E-state index in [1.807, 2.05) is 0 Å². The maximum atomic E-state index is 13.0. The third-order valence-corrected chi connectivity index (χ3v) is 2.73.